The second kappa shape index (κ2) is 9.40. The van der Waals surface area contributed by atoms with E-state index in [2.05, 4.69) is 15.3 Å². The lowest BCUT2D eigenvalue weighted by Gasteiger charge is -2.20. The van der Waals surface area contributed by atoms with E-state index in [1.165, 1.54) is 12.1 Å². The van der Waals surface area contributed by atoms with E-state index < -0.39 is 22.0 Å². The Morgan fingerprint density at radius 2 is 1.94 bits per heavy atom. The molecule has 0 unspecified atom stereocenters. The number of pyridine rings is 1. The van der Waals surface area contributed by atoms with Crippen molar-refractivity contribution in [3.63, 3.8) is 0 Å². The number of carbonyl (C=O) groups excluding carboxylic acids is 1. The maximum absolute atomic E-state index is 13.3. The van der Waals surface area contributed by atoms with E-state index >= 15 is 0 Å². The number of sulfonamides is 1. The second-order valence-corrected chi connectivity index (χ2v) is 10.8. The Hall–Kier alpha value is -3.70. The fourth-order valence-corrected chi connectivity index (χ4v) is 4.50. The van der Waals surface area contributed by atoms with E-state index in [0.717, 1.165) is 11.8 Å². The van der Waals surface area contributed by atoms with Gasteiger partial charge in [0.15, 0.2) is 16.9 Å². The number of benzene rings is 1. The Balaban J connectivity index is 1.83. The van der Waals surface area contributed by atoms with E-state index in [9.17, 15) is 18.0 Å². The van der Waals surface area contributed by atoms with Gasteiger partial charge in [0, 0.05) is 24.4 Å². The monoisotopic (exact) mass is 529 g/mol. The normalized spacial score (nSPS) is 12.5. The highest BCUT2D eigenvalue weighted by Crippen LogP contribution is 2.32. The summed E-state index contributed by atoms with van der Waals surface area (Å²) in [6, 6.07) is 6.16. The molecule has 188 valence electrons. The molecule has 36 heavy (non-hydrogen) atoms. The molecule has 3 heterocycles. The molecule has 2 N–H and O–H groups in total. The van der Waals surface area contributed by atoms with Crippen LogP contribution in [0.5, 0.6) is 0 Å². The number of carbonyl (C=O) groups is 1. The zero-order chi connectivity index (χ0) is 26.4. The molecule has 1 atom stereocenters. The molecule has 12 heteroatoms. The molecule has 0 radical (unpaired) electrons. The Bertz CT molecular complexity index is 1680. The van der Waals surface area contributed by atoms with E-state index in [4.69, 9.17) is 16.0 Å². The van der Waals surface area contributed by atoms with Crippen molar-refractivity contribution in [3.8, 4) is 11.5 Å². The van der Waals surface area contributed by atoms with Crippen molar-refractivity contribution in [1.29, 1.82) is 0 Å². The van der Waals surface area contributed by atoms with Crippen LogP contribution in [0.1, 0.15) is 40.1 Å². The first-order chi connectivity index (χ1) is 16.8. The fraction of sp³-hybridized carbons (Fsp3) is 0.250. The Morgan fingerprint density at radius 1 is 1.22 bits per heavy atom. The van der Waals surface area contributed by atoms with Crippen LogP contribution in [0.3, 0.4) is 0 Å². The number of hydrogen-bond acceptors (Lipinski definition) is 8. The van der Waals surface area contributed by atoms with E-state index in [1.54, 1.807) is 30.1 Å². The van der Waals surface area contributed by atoms with Crippen LogP contribution in [-0.4, -0.2) is 35.1 Å². The van der Waals surface area contributed by atoms with Crippen LogP contribution < -0.4 is 15.5 Å². The van der Waals surface area contributed by atoms with Gasteiger partial charge in [-0.3, -0.25) is 9.59 Å². The van der Waals surface area contributed by atoms with Gasteiger partial charge in [0.25, 0.3) is 5.91 Å². The molecule has 4 aromatic rings. The second-order valence-electron chi connectivity index (χ2n) is 8.64. The number of anilines is 1. The van der Waals surface area contributed by atoms with E-state index in [0.29, 0.717) is 33.6 Å². The van der Waals surface area contributed by atoms with Crippen LogP contribution in [0.4, 0.5) is 5.69 Å². The first-order valence-electron chi connectivity index (χ1n) is 10.9. The van der Waals surface area contributed by atoms with Crippen LogP contribution in [0.25, 0.3) is 22.4 Å². The highest BCUT2D eigenvalue weighted by molar-refractivity contribution is 7.89. The molecular formula is C24H24ClN5O5S. The zero-order valence-electron chi connectivity index (χ0n) is 20.2. The van der Waals surface area contributed by atoms with Gasteiger partial charge in [0.05, 0.1) is 29.7 Å². The first-order valence-corrected chi connectivity index (χ1v) is 13.1. The largest absolute Gasteiger partial charge is 0.453 e. The molecule has 0 saturated carbocycles. The maximum atomic E-state index is 13.3. The zero-order valence-corrected chi connectivity index (χ0v) is 21.8. The molecule has 0 saturated heterocycles. The number of amides is 1. The molecule has 0 spiro atoms. The molecule has 4 rings (SSSR count). The number of fused-ring (bicyclic) bond motifs is 1. The number of halogens is 1. The first kappa shape index (κ1) is 25.4. The average Bonchev–Trinajstić information content (AvgIpc) is 3.22. The van der Waals surface area contributed by atoms with Gasteiger partial charge >= 0.3 is 0 Å². The van der Waals surface area contributed by atoms with Gasteiger partial charge in [0.2, 0.25) is 10.0 Å². The number of nitrogens with one attached hydrogen (secondary N) is 2. The molecule has 3 aromatic heterocycles. The third-order valence-corrected chi connectivity index (χ3v) is 6.29. The lowest BCUT2D eigenvalue weighted by molar-refractivity contribution is 0.0977. The van der Waals surface area contributed by atoms with Crippen molar-refractivity contribution >= 4 is 44.2 Å². The summed E-state index contributed by atoms with van der Waals surface area (Å²) in [6.45, 7) is 5.39. The molecule has 0 bridgehead atoms. The van der Waals surface area contributed by atoms with Crippen LogP contribution in [0.15, 0.2) is 46.0 Å². The van der Waals surface area contributed by atoms with Crippen LogP contribution >= 0.6 is 11.6 Å². The van der Waals surface area contributed by atoms with Gasteiger partial charge in [-0.25, -0.2) is 23.1 Å². The summed E-state index contributed by atoms with van der Waals surface area (Å²) in [5.41, 5.74) is 2.74. The van der Waals surface area contributed by atoms with Gasteiger partial charge in [-0.2, -0.15) is 0 Å². The van der Waals surface area contributed by atoms with Crippen molar-refractivity contribution < 1.29 is 17.6 Å². The third-order valence-electron chi connectivity index (χ3n) is 5.52. The topological polar surface area (TPSA) is 136 Å². The number of rotatable bonds is 6. The van der Waals surface area contributed by atoms with Gasteiger partial charge in [0.1, 0.15) is 16.4 Å². The maximum Gasteiger partial charge on any atom is 0.285 e. The van der Waals surface area contributed by atoms with E-state index in [1.807, 2.05) is 31.7 Å². The fourth-order valence-electron chi connectivity index (χ4n) is 3.92. The summed E-state index contributed by atoms with van der Waals surface area (Å²) in [5, 5.41) is 3.62. The molecular weight excluding hydrogens is 506 g/mol. The Morgan fingerprint density at radius 3 is 2.58 bits per heavy atom. The lowest BCUT2D eigenvalue weighted by Crippen LogP contribution is -2.31. The molecule has 1 amide bonds. The molecule has 0 aliphatic carbocycles. The number of aryl methyl sites for hydroxylation is 2. The predicted molar refractivity (Wildman–Crippen MR) is 138 cm³/mol. The molecule has 1 aromatic carbocycles. The van der Waals surface area contributed by atoms with Crippen molar-refractivity contribution in [2.24, 2.45) is 7.05 Å². The van der Waals surface area contributed by atoms with Crippen molar-refractivity contribution in [2.45, 2.75) is 26.8 Å². The summed E-state index contributed by atoms with van der Waals surface area (Å²) in [7, 11) is -2.00. The summed E-state index contributed by atoms with van der Waals surface area (Å²) >= 11 is 5.97. The summed E-state index contributed by atoms with van der Waals surface area (Å²) in [5.74, 6) is -0.560. The smallest absolute Gasteiger partial charge is 0.285 e. The quantitative estimate of drug-likeness (QED) is 0.361. The van der Waals surface area contributed by atoms with Crippen LogP contribution in [-0.2, 0) is 17.1 Å². The number of imidazole rings is 1. The number of nitrogens with zero attached hydrogens (tertiary/aromatic N) is 3. The SMILES string of the molecule is Cc1cc([C@@H](C)Nc2ccc(Cl)nc2C(=O)NS(C)(=O)=O)c2oc(-c3cn(C)cn3)c(C)c(=O)c2c1. The minimum Gasteiger partial charge on any atom is -0.453 e. The third kappa shape index (κ3) is 5.12. The average molecular weight is 530 g/mol. The van der Waals surface area contributed by atoms with Crippen LogP contribution in [0.2, 0.25) is 5.15 Å². The molecule has 0 aliphatic heterocycles. The highest BCUT2D eigenvalue weighted by atomic mass is 35.5. The van der Waals surface area contributed by atoms with Gasteiger partial charge in [-0.05, 0) is 44.5 Å². The number of aromatic nitrogens is 3. The van der Waals surface area contributed by atoms with Gasteiger partial charge in [-0.1, -0.05) is 17.7 Å². The minimum absolute atomic E-state index is 0.0225. The Kier molecular flexibility index (Phi) is 6.63. The van der Waals surface area contributed by atoms with Gasteiger partial charge in [-0.15, -0.1) is 0 Å². The molecule has 10 nitrogen and oxygen atoms in total. The summed E-state index contributed by atoms with van der Waals surface area (Å²) in [6.07, 6.45) is 4.25. The molecule has 0 aliphatic rings. The lowest BCUT2D eigenvalue weighted by atomic mass is 9.99. The van der Waals surface area contributed by atoms with Crippen molar-refractivity contribution in [3.05, 3.63) is 74.6 Å². The predicted octanol–water partition coefficient (Wildman–Crippen LogP) is 3.72. The minimum atomic E-state index is -3.82. The summed E-state index contributed by atoms with van der Waals surface area (Å²) in [4.78, 5) is 34.2. The van der Waals surface area contributed by atoms with Crippen molar-refractivity contribution in [1.82, 2.24) is 19.3 Å². The van der Waals surface area contributed by atoms with Gasteiger partial charge < -0.3 is 14.3 Å². The van der Waals surface area contributed by atoms with Crippen molar-refractivity contribution in [2.75, 3.05) is 11.6 Å². The number of hydrogen-bond donors (Lipinski definition) is 2. The van der Waals surface area contributed by atoms with Crippen LogP contribution in [0, 0.1) is 13.8 Å². The van der Waals surface area contributed by atoms with E-state index in [-0.39, 0.29) is 22.0 Å². The highest BCUT2D eigenvalue weighted by Gasteiger charge is 2.23. The Labute approximate surface area is 212 Å². The standard InChI is InChI=1S/C24H24ClN5O5S/c1-12-8-15(14(3)27-17-6-7-19(25)28-20(17)24(32)29-36(5,33)34)23-16(9-12)21(31)13(2)22(35-23)18-10-30(4)11-26-18/h6-11,14,27H,1-5H3,(H,29,32)/t14-/m1/s1. The summed E-state index contributed by atoms with van der Waals surface area (Å²) < 4.78 is 33.1. The molecule has 0 fully saturated rings.